The zero-order valence-corrected chi connectivity index (χ0v) is 15.5. The molecule has 0 radical (unpaired) electrons. The van der Waals surface area contributed by atoms with Gasteiger partial charge in [-0.3, -0.25) is 14.8 Å². The maximum atomic E-state index is 13.0. The molecular formula is C21H19N5O2. The Bertz CT molecular complexity index is 1100. The molecule has 3 heterocycles. The van der Waals surface area contributed by atoms with Crippen LogP contribution >= 0.6 is 0 Å². The lowest BCUT2D eigenvalue weighted by Crippen LogP contribution is -2.32. The average Bonchev–Trinajstić information content (AvgIpc) is 3.21. The molecule has 4 rings (SSSR count). The molecule has 0 aliphatic heterocycles. The number of amides is 1. The summed E-state index contributed by atoms with van der Waals surface area (Å²) in [6, 6.07) is 12.7. The fourth-order valence-electron chi connectivity index (χ4n) is 3.00. The van der Waals surface area contributed by atoms with E-state index in [0.29, 0.717) is 17.4 Å². The third kappa shape index (κ3) is 3.46. The molecule has 0 aliphatic rings. The van der Waals surface area contributed by atoms with Crippen molar-refractivity contribution in [3.63, 3.8) is 0 Å². The molecule has 7 nitrogen and oxygen atoms in total. The number of benzene rings is 1. The van der Waals surface area contributed by atoms with Gasteiger partial charge in [-0.15, -0.1) is 0 Å². The van der Waals surface area contributed by atoms with Gasteiger partial charge in [-0.1, -0.05) is 43.3 Å². The zero-order chi connectivity index (χ0) is 19.5. The van der Waals surface area contributed by atoms with Crippen molar-refractivity contribution in [1.29, 1.82) is 0 Å². The molecule has 1 unspecified atom stereocenters. The minimum Gasteiger partial charge on any atom is -0.339 e. The summed E-state index contributed by atoms with van der Waals surface area (Å²) in [4.78, 5) is 25.8. The van der Waals surface area contributed by atoms with Crippen molar-refractivity contribution in [2.45, 2.75) is 19.9 Å². The van der Waals surface area contributed by atoms with Crippen molar-refractivity contribution in [2.75, 3.05) is 0 Å². The molecular weight excluding hydrogens is 354 g/mol. The molecule has 0 bridgehead atoms. The normalized spacial score (nSPS) is 12.2. The largest absolute Gasteiger partial charge is 0.339 e. The van der Waals surface area contributed by atoms with Crippen LogP contribution in [0.5, 0.6) is 0 Å². The van der Waals surface area contributed by atoms with Gasteiger partial charge < -0.3 is 9.84 Å². The van der Waals surface area contributed by atoms with Crippen LogP contribution in [0.3, 0.4) is 0 Å². The predicted octanol–water partition coefficient (Wildman–Crippen LogP) is 3.81. The topological polar surface area (TPSA) is 93.8 Å². The summed E-state index contributed by atoms with van der Waals surface area (Å²) < 4.78 is 5.44. The van der Waals surface area contributed by atoms with Gasteiger partial charge >= 0.3 is 0 Å². The summed E-state index contributed by atoms with van der Waals surface area (Å²) in [6.07, 6.45) is 4.98. The maximum Gasteiger partial charge on any atom is 0.271 e. The van der Waals surface area contributed by atoms with Gasteiger partial charge in [0.25, 0.3) is 5.91 Å². The lowest BCUT2D eigenvalue weighted by atomic mass is 10.0. The van der Waals surface area contributed by atoms with Gasteiger partial charge in [0.15, 0.2) is 0 Å². The smallest absolute Gasteiger partial charge is 0.271 e. The third-order valence-corrected chi connectivity index (χ3v) is 4.47. The first-order chi connectivity index (χ1) is 13.6. The highest BCUT2D eigenvalue weighted by molar-refractivity contribution is 6.05. The molecule has 0 saturated carbocycles. The molecule has 7 heteroatoms. The number of fused-ring (bicyclic) bond motifs is 1. The summed E-state index contributed by atoms with van der Waals surface area (Å²) in [6.45, 7) is 3.96. The van der Waals surface area contributed by atoms with Gasteiger partial charge in [-0.05, 0) is 29.5 Å². The highest BCUT2D eigenvalue weighted by Crippen LogP contribution is 2.24. The molecule has 0 fully saturated rings. The molecule has 1 atom stereocenters. The molecule has 3 aromatic heterocycles. The van der Waals surface area contributed by atoms with E-state index in [1.807, 2.05) is 50.2 Å². The van der Waals surface area contributed by atoms with Gasteiger partial charge in [0, 0.05) is 29.5 Å². The number of carbonyl (C=O) groups is 1. The molecule has 4 aromatic rings. The first kappa shape index (κ1) is 17.8. The van der Waals surface area contributed by atoms with E-state index in [9.17, 15) is 4.79 Å². The van der Waals surface area contributed by atoms with E-state index in [1.54, 1.807) is 24.7 Å². The Labute approximate surface area is 161 Å². The molecule has 0 aliphatic carbocycles. The van der Waals surface area contributed by atoms with Crippen LogP contribution in [0.1, 0.15) is 36.3 Å². The van der Waals surface area contributed by atoms with E-state index in [2.05, 4.69) is 25.4 Å². The Morgan fingerprint density at radius 1 is 1.07 bits per heavy atom. The van der Waals surface area contributed by atoms with Crippen molar-refractivity contribution in [1.82, 2.24) is 25.4 Å². The first-order valence-electron chi connectivity index (χ1n) is 9.02. The number of aromatic nitrogens is 4. The van der Waals surface area contributed by atoms with E-state index < -0.39 is 6.04 Å². The van der Waals surface area contributed by atoms with Crippen LogP contribution < -0.4 is 5.32 Å². The number of pyridine rings is 2. The van der Waals surface area contributed by atoms with Crippen molar-refractivity contribution in [3.05, 3.63) is 72.6 Å². The zero-order valence-electron chi connectivity index (χ0n) is 15.5. The van der Waals surface area contributed by atoms with Gasteiger partial charge in [-0.2, -0.15) is 4.98 Å². The average molecular weight is 373 g/mol. The highest BCUT2D eigenvalue weighted by atomic mass is 16.5. The van der Waals surface area contributed by atoms with Crippen molar-refractivity contribution in [2.24, 2.45) is 5.92 Å². The number of hydrogen-bond acceptors (Lipinski definition) is 6. The Morgan fingerprint density at radius 2 is 1.93 bits per heavy atom. The number of nitrogens with zero attached hydrogens (tertiary/aromatic N) is 4. The Kier molecular flexibility index (Phi) is 4.80. The van der Waals surface area contributed by atoms with E-state index in [-0.39, 0.29) is 11.8 Å². The summed E-state index contributed by atoms with van der Waals surface area (Å²) in [5.41, 5.74) is 1.12. The van der Waals surface area contributed by atoms with Crippen LogP contribution in [0.15, 0.2) is 65.6 Å². The Hall–Kier alpha value is -3.61. The fourth-order valence-corrected chi connectivity index (χ4v) is 3.00. The van der Waals surface area contributed by atoms with E-state index >= 15 is 0 Å². The van der Waals surface area contributed by atoms with Crippen molar-refractivity contribution in [3.8, 4) is 11.4 Å². The molecule has 0 saturated heterocycles. The molecule has 28 heavy (non-hydrogen) atoms. The quantitative estimate of drug-likeness (QED) is 0.572. The van der Waals surface area contributed by atoms with Crippen LogP contribution in [0.25, 0.3) is 22.2 Å². The van der Waals surface area contributed by atoms with Gasteiger partial charge in [0.2, 0.25) is 11.7 Å². The van der Waals surface area contributed by atoms with Crippen LogP contribution in [0, 0.1) is 5.92 Å². The number of rotatable bonds is 5. The number of nitrogens with one attached hydrogen (secondary N) is 1. The maximum absolute atomic E-state index is 13.0. The monoisotopic (exact) mass is 373 g/mol. The van der Waals surface area contributed by atoms with Gasteiger partial charge in [0.05, 0.1) is 0 Å². The van der Waals surface area contributed by atoms with Crippen LogP contribution in [0.4, 0.5) is 0 Å². The molecule has 1 aromatic carbocycles. The molecule has 140 valence electrons. The first-order valence-corrected chi connectivity index (χ1v) is 9.02. The van der Waals surface area contributed by atoms with Crippen molar-refractivity contribution >= 4 is 16.7 Å². The lowest BCUT2D eigenvalue weighted by molar-refractivity contribution is 0.0910. The minimum atomic E-state index is -0.439. The Balaban J connectivity index is 1.62. The second-order valence-corrected chi connectivity index (χ2v) is 6.77. The van der Waals surface area contributed by atoms with Crippen molar-refractivity contribution < 1.29 is 9.32 Å². The van der Waals surface area contributed by atoms with E-state index in [4.69, 9.17) is 4.52 Å². The van der Waals surface area contributed by atoms with Crippen LogP contribution in [-0.4, -0.2) is 26.0 Å². The number of hydrogen-bond donors (Lipinski definition) is 1. The summed E-state index contributed by atoms with van der Waals surface area (Å²) in [5.74, 6) is 0.548. The fraction of sp³-hybridized carbons (Fsp3) is 0.190. The van der Waals surface area contributed by atoms with Gasteiger partial charge in [0.1, 0.15) is 11.7 Å². The predicted molar refractivity (Wildman–Crippen MR) is 104 cm³/mol. The summed E-state index contributed by atoms with van der Waals surface area (Å²) in [5, 5.41) is 8.78. The Morgan fingerprint density at radius 3 is 2.71 bits per heavy atom. The lowest BCUT2D eigenvalue weighted by Gasteiger charge is -2.18. The van der Waals surface area contributed by atoms with Gasteiger partial charge in [-0.25, -0.2) is 0 Å². The van der Waals surface area contributed by atoms with E-state index in [0.717, 1.165) is 16.3 Å². The SMILES string of the molecule is CC(C)C(NC(=O)c1nccc2ccccc12)c1nc(-c2cccnc2)no1. The molecule has 1 N–H and O–H groups in total. The minimum absolute atomic E-state index is 0.0427. The highest BCUT2D eigenvalue weighted by Gasteiger charge is 2.26. The summed E-state index contributed by atoms with van der Waals surface area (Å²) >= 11 is 0. The second kappa shape index (κ2) is 7.56. The van der Waals surface area contributed by atoms with Crippen LogP contribution in [-0.2, 0) is 0 Å². The molecule has 0 spiro atoms. The number of carbonyl (C=O) groups excluding carboxylic acids is 1. The molecule has 1 amide bonds. The third-order valence-electron chi connectivity index (χ3n) is 4.47. The summed E-state index contributed by atoms with van der Waals surface area (Å²) in [7, 11) is 0. The van der Waals surface area contributed by atoms with Crippen LogP contribution in [0.2, 0.25) is 0 Å². The van der Waals surface area contributed by atoms with E-state index in [1.165, 1.54) is 0 Å². The second-order valence-electron chi connectivity index (χ2n) is 6.77. The standard InChI is InChI=1S/C21H19N5O2/c1-13(2)17(21-25-19(26-28-21)15-7-5-10-22-12-15)24-20(27)18-16-8-4-3-6-14(16)9-11-23-18/h3-13,17H,1-2H3,(H,24,27).